The van der Waals surface area contributed by atoms with E-state index >= 15 is 0 Å². The first kappa shape index (κ1) is 15.8. The zero-order chi connectivity index (χ0) is 16.1. The molecule has 0 atom stereocenters. The fourth-order valence-corrected chi connectivity index (χ4v) is 2.05. The van der Waals surface area contributed by atoms with Crippen LogP contribution in [-0.4, -0.2) is 28.1 Å². The van der Waals surface area contributed by atoms with Crippen LogP contribution in [0.15, 0.2) is 35.6 Å². The molecule has 0 saturated carbocycles. The second-order valence-corrected chi connectivity index (χ2v) is 5.02. The smallest absolute Gasteiger partial charge is 0.409 e. The molecule has 2 aromatic rings. The number of aromatic nitrogens is 2. The summed E-state index contributed by atoms with van der Waals surface area (Å²) in [4.78, 5) is 30.8. The Morgan fingerprint density at radius 1 is 1.36 bits per heavy atom. The molecule has 1 heterocycles. The van der Waals surface area contributed by atoms with Gasteiger partial charge in [0.05, 0.1) is 5.56 Å². The quantitative estimate of drug-likeness (QED) is 0.495. The maximum atomic E-state index is 11.7. The van der Waals surface area contributed by atoms with Crippen molar-refractivity contribution in [2.75, 3.05) is 11.6 Å². The van der Waals surface area contributed by atoms with E-state index in [9.17, 15) is 9.59 Å². The number of hydrogen-bond donors (Lipinski definition) is 2. The number of rotatable bonds is 5. The standard InChI is InChI=1S/C14H14N4O3S/c1-8(19)11-7-16-14(22-2)18-12(11)17-9-4-3-5-10(6-9)21-13(15)20/h3-7H,1-2H3,(H2,15,20)(H,16,17,18). The van der Waals surface area contributed by atoms with Crippen LogP contribution in [0.3, 0.4) is 0 Å². The third-order valence-corrected chi connectivity index (χ3v) is 3.21. The van der Waals surface area contributed by atoms with Crippen LogP contribution in [0.5, 0.6) is 5.75 Å². The van der Waals surface area contributed by atoms with Gasteiger partial charge in [-0.25, -0.2) is 14.8 Å². The van der Waals surface area contributed by atoms with Crippen LogP contribution < -0.4 is 15.8 Å². The highest BCUT2D eigenvalue weighted by molar-refractivity contribution is 7.98. The maximum Gasteiger partial charge on any atom is 0.409 e. The number of hydrogen-bond acceptors (Lipinski definition) is 7. The van der Waals surface area contributed by atoms with Crippen molar-refractivity contribution in [2.24, 2.45) is 5.73 Å². The van der Waals surface area contributed by atoms with Crippen molar-refractivity contribution in [2.45, 2.75) is 12.1 Å². The van der Waals surface area contributed by atoms with E-state index in [-0.39, 0.29) is 5.78 Å². The summed E-state index contributed by atoms with van der Waals surface area (Å²) in [5, 5.41) is 3.56. The van der Waals surface area contributed by atoms with E-state index in [4.69, 9.17) is 10.5 Å². The van der Waals surface area contributed by atoms with Gasteiger partial charge in [-0.1, -0.05) is 17.8 Å². The number of amides is 1. The Hall–Kier alpha value is -2.61. The minimum absolute atomic E-state index is 0.153. The molecule has 0 aliphatic rings. The molecular weight excluding hydrogens is 304 g/mol. The van der Waals surface area contributed by atoms with Gasteiger partial charge in [0.1, 0.15) is 11.6 Å². The van der Waals surface area contributed by atoms with Gasteiger partial charge in [0.25, 0.3) is 0 Å². The lowest BCUT2D eigenvalue weighted by Gasteiger charge is -2.11. The van der Waals surface area contributed by atoms with E-state index in [1.165, 1.54) is 24.9 Å². The van der Waals surface area contributed by atoms with Gasteiger partial charge >= 0.3 is 6.09 Å². The molecule has 0 unspecified atom stereocenters. The van der Waals surface area contributed by atoms with Crippen molar-refractivity contribution >= 4 is 35.1 Å². The van der Waals surface area contributed by atoms with Crippen molar-refractivity contribution in [1.29, 1.82) is 0 Å². The molecule has 1 aromatic carbocycles. The minimum Gasteiger partial charge on any atom is -0.410 e. The molecule has 3 N–H and O–H groups in total. The average Bonchev–Trinajstić information content (AvgIpc) is 2.46. The molecule has 0 bridgehead atoms. The third kappa shape index (κ3) is 3.95. The van der Waals surface area contributed by atoms with Crippen molar-refractivity contribution in [3.8, 4) is 5.75 Å². The summed E-state index contributed by atoms with van der Waals surface area (Å²) < 4.78 is 4.81. The molecule has 7 nitrogen and oxygen atoms in total. The highest BCUT2D eigenvalue weighted by atomic mass is 32.2. The van der Waals surface area contributed by atoms with Gasteiger partial charge in [-0.15, -0.1) is 0 Å². The lowest BCUT2D eigenvalue weighted by Crippen LogP contribution is -2.16. The Morgan fingerprint density at radius 2 is 2.14 bits per heavy atom. The predicted octanol–water partition coefficient (Wildman–Crippen LogP) is 2.60. The van der Waals surface area contributed by atoms with Gasteiger partial charge < -0.3 is 15.8 Å². The molecule has 22 heavy (non-hydrogen) atoms. The highest BCUT2D eigenvalue weighted by Gasteiger charge is 2.12. The Morgan fingerprint density at radius 3 is 2.77 bits per heavy atom. The number of ether oxygens (including phenoxy) is 1. The van der Waals surface area contributed by atoms with Gasteiger partial charge in [-0.2, -0.15) is 0 Å². The summed E-state index contributed by atoms with van der Waals surface area (Å²) >= 11 is 1.37. The van der Waals surface area contributed by atoms with Crippen LogP contribution in [0.25, 0.3) is 0 Å². The van der Waals surface area contributed by atoms with E-state index in [0.29, 0.717) is 28.0 Å². The zero-order valence-corrected chi connectivity index (χ0v) is 12.8. The van der Waals surface area contributed by atoms with E-state index in [1.54, 1.807) is 24.3 Å². The van der Waals surface area contributed by atoms with E-state index in [0.717, 1.165) is 0 Å². The molecular formula is C14H14N4O3S. The Bertz CT molecular complexity index is 721. The number of anilines is 2. The zero-order valence-electron chi connectivity index (χ0n) is 12.0. The number of benzene rings is 1. The molecule has 0 fully saturated rings. The van der Waals surface area contributed by atoms with Crippen molar-refractivity contribution in [3.63, 3.8) is 0 Å². The molecule has 0 aliphatic carbocycles. The Kier molecular flexibility index (Phi) is 4.95. The maximum absolute atomic E-state index is 11.7. The molecule has 1 amide bonds. The first-order chi connectivity index (χ1) is 10.5. The molecule has 0 aliphatic heterocycles. The molecule has 114 valence electrons. The largest absolute Gasteiger partial charge is 0.410 e. The molecule has 2 rings (SSSR count). The minimum atomic E-state index is -0.895. The number of nitrogens with one attached hydrogen (secondary N) is 1. The van der Waals surface area contributed by atoms with Crippen molar-refractivity contribution < 1.29 is 14.3 Å². The van der Waals surface area contributed by atoms with Gasteiger partial charge in [-0.3, -0.25) is 4.79 Å². The van der Waals surface area contributed by atoms with E-state index in [2.05, 4.69) is 15.3 Å². The molecule has 1 aromatic heterocycles. The van der Waals surface area contributed by atoms with Gasteiger partial charge in [0, 0.05) is 18.0 Å². The number of primary amides is 1. The SMILES string of the molecule is CSc1ncc(C(C)=O)c(Nc2cccc(OC(N)=O)c2)n1. The van der Waals surface area contributed by atoms with Crippen LogP contribution in [-0.2, 0) is 0 Å². The number of carbonyl (C=O) groups is 2. The Labute approximate surface area is 131 Å². The lowest BCUT2D eigenvalue weighted by atomic mass is 10.2. The molecule has 0 saturated heterocycles. The van der Waals surface area contributed by atoms with Crippen molar-refractivity contribution in [1.82, 2.24) is 9.97 Å². The Balaban J connectivity index is 2.33. The van der Waals surface area contributed by atoms with Crippen LogP contribution in [0.1, 0.15) is 17.3 Å². The number of nitrogens with zero attached hydrogens (tertiary/aromatic N) is 2. The van der Waals surface area contributed by atoms with Crippen LogP contribution in [0, 0.1) is 0 Å². The number of nitrogens with two attached hydrogens (primary N) is 1. The fraction of sp³-hybridized carbons (Fsp3) is 0.143. The number of thioether (sulfide) groups is 1. The first-order valence-corrected chi connectivity index (χ1v) is 7.48. The summed E-state index contributed by atoms with van der Waals surface area (Å²) in [6.45, 7) is 1.44. The highest BCUT2D eigenvalue weighted by Crippen LogP contribution is 2.24. The summed E-state index contributed by atoms with van der Waals surface area (Å²) in [5.41, 5.74) is 5.96. The average molecular weight is 318 g/mol. The summed E-state index contributed by atoms with van der Waals surface area (Å²) in [6, 6.07) is 6.61. The van der Waals surface area contributed by atoms with Crippen LogP contribution in [0.2, 0.25) is 0 Å². The predicted molar refractivity (Wildman–Crippen MR) is 83.8 cm³/mol. The number of ketones is 1. The molecule has 0 spiro atoms. The van der Waals surface area contributed by atoms with Crippen LogP contribution in [0.4, 0.5) is 16.3 Å². The number of Topliss-reactive ketones (excluding diaryl/α,β-unsaturated/α-hetero) is 1. The lowest BCUT2D eigenvalue weighted by molar-refractivity contribution is 0.101. The second-order valence-electron chi connectivity index (χ2n) is 4.25. The van der Waals surface area contributed by atoms with Gasteiger partial charge in [0.15, 0.2) is 10.9 Å². The summed E-state index contributed by atoms with van der Waals surface area (Å²) in [6.07, 6.45) is 2.43. The van der Waals surface area contributed by atoms with E-state index < -0.39 is 6.09 Å². The van der Waals surface area contributed by atoms with E-state index in [1.807, 2.05) is 6.26 Å². The second kappa shape index (κ2) is 6.90. The van der Waals surface area contributed by atoms with Crippen molar-refractivity contribution in [3.05, 3.63) is 36.0 Å². The third-order valence-electron chi connectivity index (χ3n) is 2.64. The molecule has 8 heteroatoms. The summed E-state index contributed by atoms with van der Waals surface area (Å²) in [7, 11) is 0. The van der Waals surface area contributed by atoms with Gasteiger partial charge in [-0.05, 0) is 25.3 Å². The van der Waals surface area contributed by atoms with Crippen LogP contribution >= 0.6 is 11.8 Å². The normalized spacial score (nSPS) is 10.1. The monoisotopic (exact) mass is 318 g/mol. The van der Waals surface area contributed by atoms with Gasteiger partial charge in [0.2, 0.25) is 0 Å². The number of carbonyl (C=O) groups excluding carboxylic acids is 2. The summed E-state index contributed by atoms with van der Waals surface area (Å²) in [5.74, 6) is 0.531. The topological polar surface area (TPSA) is 107 Å². The molecule has 0 radical (unpaired) electrons. The fourth-order valence-electron chi connectivity index (χ4n) is 1.71. The first-order valence-electron chi connectivity index (χ1n) is 6.26.